The average molecular weight is 662 g/mol. The molecule has 2 rings (SSSR count). The standard InChI is InChI=1S/C17H8Br4F6O/c18-5-7-1-9(16(22,23)24)3-11(13(7)20)15(28)12-4-10(17(25,26)27)2-8(6-19)14(12)21/h1-4H,5-6H2. The quantitative estimate of drug-likeness (QED) is 0.183. The van der Waals surface area contributed by atoms with Crippen LogP contribution >= 0.6 is 63.7 Å². The molecule has 0 spiro atoms. The Labute approximate surface area is 189 Å². The van der Waals surface area contributed by atoms with Gasteiger partial charge in [0.05, 0.1) is 11.1 Å². The van der Waals surface area contributed by atoms with E-state index < -0.39 is 29.3 Å². The van der Waals surface area contributed by atoms with Gasteiger partial charge in [-0.25, -0.2) is 0 Å². The molecule has 0 fully saturated rings. The van der Waals surface area contributed by atoms with E-state index in [9.17, 15) is 31.1 Å². The lowest BCUT2D eigenvalue weighted by Crippen LogP contribution is -2.13. The molecule has 2 aromatic rings. The van der Waals surface area contributed by atoms with E-state index in [0.717, 1.165) is 12.1 Å². The molecule has 0 atom stereocenters. The van der Waals surface area contributed by atoms with Crippen molar-refractivity contribution in [2.45, 2.75) is 23.0 Å². The van der Waals surface area contributed by atoms with Crippen LogP contribution in [-0.4, -0.2) is 5.78 Å². The first kappa shape index (κ1) is 23.9. The van der Waals surface area contributed by atoms with Crippen LogP contribution in [0.5, 0.6) is 0 Å². The maximum atomic E-state index is 13.2. The van der Waals surface area contributed by atoms with Crippen LogP contribution in [0.25, 0.3) is 0 Å². The van der Waals surface area contributed by atoms with Crippen molar-refractivity contribution in [1.29, 1.82) is 0 Å². The summed E-state index contributed by atoms with van der Waals surface area (Å²) in [5, 5.41) is 0.0163. The highest BCUT2D eigenvalue weighted by Gasteiger charge is 2.35. The van der Waals surface area contributed by atoms with Gasteiger partial charge >= 0.3 is 12.4 Å². The first-order valence-electron chi connectivity index (χ1n) is 7.27. The number of hydrogen-bond acceptors (Lipinski definition) is 1. The van der Waals surface area contributed by atoms with Crippen LogP contribution in [-0.2, 0) is 23.0 Å². The minimum Gasteiger partial charge on any atom is -0.289 e. The molecule has 28 heavy (non-hydrogen) atoms. The van der Waals surface area contributed by atoms with E-state index in [1.54, 1.807) is 0 Å². The second-order valence-electron chi connectivity index (χ2n) is 5.59. The molecule has 0 bridgehead atoms. The molecule has 0 radical (unpaired) electrons. The Morgan fingerprint density at radius 3 is 1.29 bits per heavy atom. The summed E-state index contributed by atoms with van der Waals surface area (Å²) in [6.45, 7) is 0. The first-order chi connectivity index (χ1) is 12.8. The van der Waals surface area contributed by atoms with Crippen molar-refractivity contribution in [1.82, 2.24) is 0 Å². The summed E-state index contributed by atoms with van der Waals surface area (Å²) in [5.74, 6) is -0.972. The second kappa shape index (κ2) is 8.77. The van der Waals surface area contributed by atoms with Gasteiger partial charge in [0.25, 0.3) is 0 Å². The van der Waals surface area contributed by atoms with Gasteiger partial charge in [-0.05, 0) is 67.3 Å². The van der Waals surface area contributed by atoms with E-state index in [0.29, 0.717) is 12.1 Å². The van der Waals surface area contributed by atoms with E-state index in [1.807, 2.05) is 0 Å². The van der Waals surface area contributed by atoms with E-state index in [1.165, 1.54) is 0 Å². The average Bonchev–Trinajstić information content (AvgIpc) is 2.59. The van der Waals surface area contributed by atoms with Crippen LogP contribution in [0.3, 0.4) is 0 Å². The number of carbonyl (C=O) groups excluding carboxylic acids is 1. The van der Waals surface area contributed by atoms with Gasteiger partial charge in [0, 0.05) is 30.7 Å². The summed E-state index contributed by atoms with van der Waals surface area (Å²) >= 11 is 12.3. The highest BCUT2D eigenvalue weighted by atomic mass is 79.9. The molecule has 0 aliphatic rings. The Morgan fingerprint density at radius 1 is 0.714 bits per heavy atom. The van der Waals surface area contributed by atoms with Crippen molar-refractivity contribution in [3.63, 3.8) is 0 Å². The molecule has 0 saturated heterocycles. The molecule has 0 aromatic heterocycles. The van der Waals surface area contributed by atoms with Gasteiger partial charge in [-0.2, -0.15) is 26.3 Å². The fraction of sp³-hybridized carbons (Fsp3) is 0.235. The topological polar surface area (TPSA) is 17.1 Å². The lowest BCUT2D eigenvalue weighted by atomic mass is 9.96. The number of alkyl halides is 8. The molecule has 0 saturated carbocycles. The maximum absolute atomic E-state index is 13.2. The van der Waals surface area contributed by atoms with Gasteiger partial charge in [0.2, 0.25) is 0 Å². The van der Waals surface area contributed by atoms with Gasteiger partial charge in [0.15, 0.2) is 5.78 Å². The van der Waals surface area contributed by atoms with Crippen LogP contribution in [0.4, 0.5) is 26.3 Å². The molecule has 152 valence electrons. The lowest BCUT2D eigenvalue weighted by Gasteiger charge is -2.16. The third kappa shape index (κ3) is 5.02. The van der Waals surface area contributed by atoms with Crippen LogP contribution < -0.4 is 0 Å². The number of benzene rings is 2. The smallest absolute Gasteiger partial charge is 0.289 e. The predicted molar refractivity (Wildman–Crippen MR) is 107 cm³/mol. The largest absolute Gasteiger partial charge is 0.416 e. The third-order valence-corrected chi connectivity index (χ3v) is 6.81. The van der Waals surface area contributed by atoms with Crippen molar-refractivity contribution in [3.05, 3.63) is 66.6 Å². The molecule has 0 unspecified atom stereocenters. The minimum atomic E-state index is -4.72. The normalized spacial score (nSPS) is 12.4. The van der Waals surface area contributed by atoms with Crippen LogP contribution in [0.15, 0.2) is 33.2 Å². The molecule has 0 N–H and O–H groups in total. The summed E-state index contributed by atoms with van der Waals surface area (Å²) < 4.78 is 79.3. The van der Waals surface area contributed by atoms with Gasteiger partial charge in [0.1, 0.15) is 0 Å². The van der Waals surface area contributed by atoms with E-state index in [2.05, 4.69) is 63.7 Å². The molecule has 0 aliphatic heterocycles. The van der Waals surface area contributed by atoms with Gasteiger partial charge < -0.3 is 0 Å². The van der Waals surface area contributed by atoms with Crippen LogP contribution in [0.1, 0.15) is 38.2 Å². The van der Waals surface area contributed by atoms with Gasteiger partial charge in [-0.1, -0.05) is 31.9 Å². The summed E-state index contributed by atoms with van der Waals surface area (Å²) in [6.07, 6.45) is -9.45. The van der Waals surface area contributed by atoms with Gasteiger partial charge in [-0.3, -0.25) is 4.79 Å². The zero-order valence-corrected chi connectivity index (χ0v) is 19.8. The molecule has 1 nitrogen and oxygen atoms in total. The summed E-state index contributed by atoms with van der Waals surface area (Å²) in [7, 11) is 0. The van der Waals surface area contributed by atoms with Crippen LogP contribution in [0.2, 0.25) is 0 Å². The number of halogens is 10. The summed E-state index contributed by atoms with van der Waals surface area (Å²) in [4.78, 5) is 13.0. The van der Waals surface area contributed by atoms with E-state index >= 15 is 0 Å². The first-order valence-corrected chi connectivity index (χ1v) is 11.1. The summed E-state index contributed by atoms with van der Waals surface area (Å²) in [5.41, 5.74) is -2.63. The monoisotopic (exact) mass is 658 g/mol. The molecule has 11 heteroatoms. The summed E-state index contributed by atoms with van der Waals surface area (Å²) in [6, 6.07) is 2.97. The number of hydrogen-bond donors (Lipinski definition) is 0. The highest BCUT2D eigenvalue weighted by molar-refractivity contribution is 9.11. The number of ketones is 1. The van der Waals surface area contributed by atoms with Crippen molar-refractivity contribution < 1.29 is 31.1 Å². The van der Waals surface area contributed by atoms with Crippen molar-refractivity contribution in [2.75, 3.05) is 0 Å². The third-order valence-electron chi connectivity index (χ3n) is 3.73. The van der Waals surface area contributed by atoms with Crippen LogP contribution in [0, 0.1) is 0 Å². The number of carbonyl (C=O) groups is 1. The van der Waals surface area contributed by atoms with Gasteiger partial charge in [-0.15, -0.1) is 0 Å². The van der Waals surface area contributed by atoms with Crippen molar-refractivity contribution >= 4 is 69.5 Å². The molecular formula is C17H8Br4F6O. The predicted octanol–water partition coefficient (Wildman–Crippen LogP) is 8.27. The van der Waals surface area contributed by atoms with E-state index in [-0.39, 0.29) is 41.9 Å². The Morgan fingerprint density at radius 2 is 1.04 bits per heavy atom. The maximum Gasteiger partial charge on any atom is 0.416 e. The zero-order chi connectivity index (χ0) is 21.4. The molecule has 0 aliphatic carbocycles. The Bertz CT molecular complexity index is 848. The molecular weight excluding hydrogens is 654 g/mol. The SMILES string of the molecule is O=C(c1cc(C(F)(F)F)cc(CBr)c1Br)c1cc(C(F)(F)F)cc(CBr)c1Br. The van der Waals surface area contributed by atoms with Crippen molar-refractivity contribution in [3.8, 4) is 0 Å². The Hall–Kier alpha value is -0.390. The molecule has 0 heterocycles. The molecule has 0 amide bonds. The fourth-order valence-electron chi connectivity index (χ4n) is 2.37. The minimum absolute atomic E-state index is 0.00813. The fourth-order valence-corrected chi connectivity index (χ4v) is 5.10. The number of rotatable bonds is 4. The highest BCUT2D eigenvalue weighted by Crippen LogP contribution is 2.39. The molecule has 2 aromatic carbocycles. The van der Waals surface area contributed by atoms with Crippen molar-refractivity contribution in [2.24, 2.45) is 0 Å². The second-order valence-corrected chi connectivity index (χ2v) is 8.29. The van der Waals surface area contributed by atoms with E-state index in [4.69, 9.17) is 0 Å². The Kier molecular flexibility index (Phi) is 7.48. The lowest BCUT2D eigenvalue weighted by molar-refractivity contribution is -0.138. The Balaban J connectivity index is 2.76. The zero-order valence-electron chi connectivity index (χ0n) is 13.4.